The van der Waals surface area contributed by atoms with E-state index in [-0.39, 0.29) is 11.5 Å². The zero-order valence-electron chi connectivity index (χ0n) is 12.1. The van der Waals surface area contributed by atoms with Gasteiger partial charge < -0.3 is 10.4 Å². The third kappa shape index (κ3) is 3.03. The van der Waals surface area contributed by atoms with Crippen LogP contribution in [-0.2, 0) is 15.6 Å². The van der Waals surface area contributed by atoms with Gasteiger partial charge in [0.05, 0.1) is 17.0 Å². The maximum atomic E-state index is 12.0. The number of rotatable bonds is 6. The van der Waals surface area contributed by atoms with Gasteiger partial charge in [0.1, 0.15) is 0 Å². The van der Waals surface area contributed by atoms with Gasteiger partial charge in [-0.15, -0.1) is 0 Å². The largest absolute Gasteiger partial charge is 0.394 e. The number of hydrogen-bond acceptors (Lipinski definition) is 4. The van der Waals surface area contributed by atoms with Crippen LogP contribution in [-0.4, -0.2) is 44.6 Å². The van der Waals surface area contributed by atoms with Gasteiger partial charge in [0.2, 0.25) is 10.0 Å². The molecule has 1 aliphatic carbocycles. The van der Waals surface area contributed by atoms with Crippen molar-refractivity contribution in [2.24, 2.45) is 0 Å². The molecule has 0 radical (unpaired) electrons. The predicted molar refractivity (Wildman–Crippen MR) is 77.9 cm³/mol. The van der Waals surface area contributed by atoms with Gasteiger partial charge in [-0.3, -0.25) is 0 Å². The van der Waals surface area contributed by atoms with Crippen molar-refractivity contribution in [1.82, 2.24) is 9.62 Å². The molecule has 0 saturated heterocycles. The molecule has 0 amide bonds. The highest BCUT2D eigenvalue weighted by molar-refractivity contribution is 7.89. The van der Waals surface area contributed by atoms with Gasteiger partial charge in [0, 0.05) is 20.1 Å². The van der Waals surface area contributed by atoms with Crippen molar-refractivity contribution in [2.75, 3.05) is 20.7 Å². The zero-order chi connectivity index (χ0) is 15.0. The Morgan fingerprint density at radius 1 is 1.30 bits per heavy atom. The average molecular weight is 298 g/mol. The fourth-order valence-electron chi connectivity index (χ4n) is 2.10. The molecule has 5 nitrogen and oxygen atoms in total. The van der Waals surface area contributed by atoms with Gasteiger partial charge in [0.15, 0.2) is 0 Å². The SMILES string of the molecule is CN(C)S(=O)(=O)c1ccc(C(C)(CO)NC2CC2)cc1. The molecule has 0 aliphatic heterocycles. The van der Waals surface area contributed by atoms with E-state index in [4.69, 9.17) is 0 Å². The molecule has 1 aromatic carbocycles. The summed E-state index contributed by atoms with van der Waals surface area (Å²) in [4.78, 5) is 0.262. The van der Waals surface area contributed by atoms with Crippen molar-refractivity contribution in [2.45, 2.75) is 36.2 Å². The van der Waals surface area contributed by atoms with E-state index >= 15 is 0 Å². The van der Waals surface area contributed by atoms with Crippen LogP contribution in [0.15, 0.2) is 29.2 Å². The first-order chi connectivity index (χ1) is 9.29. The van der Waals surface area contributed by atoms with Crippen molar-refractivity contribution in [1.29, 1.82) is 0 Å². The molecule has 1 aromatic rings. The molecule has 1 aliphatic rings. The van der Waals surface area contributed by atoms with E-state index in [0.29, 0.717) is 6.04 Å². The van der Waals surface area contributed by atoms with Crippen molar-refractivity contribution in [3.8, 4) is 0 Å². The first-order valence-electron chi connectivity index (χ1n) is 6.71. The summed E-state index contributed by atoms with van der Waals surface area (Å²) in [7, 11) is -0.387. The Morgan fingerprint density at radius 2 is 1.85 bits per heavy atom. The van der Waals surface area contributed by atoms with Crippen LogP contribution < -0.4 is 5.32 Å². The molecule has 112 valence electrons. The van der Waals surface area contributed by atoms with Gasteiger partial charge >= 0.3 is 0 Å². The van der Waals surface area contributed by atoms with E-state index in [0.717, 1.165) is 18.4 Å². The lowest BCUT2D eigenvalue weighted by molar-refractivity contribution is 0.173. The Balaban J connectivity index is 2.27. The lowest BCUT2D eigenvalue weighted by atomic mass is 9.93. The summed E-state index contributed by atoms with van der Waals surface area (Å²) in [6, 6.07) is 7.17. The normalized spacial score (nSPS) is 19.1. The summed E-state index contributed by atoms with van der Waals surface area (Å²) in [6.07, 6.45) is 2.26. The lowest BCUT2D eigenvalue weighted by Crippen LogP contribution is -2.44. The number of aliphatic hydroxyl groups is 1. The van der Waals surface area contributed by atoms with Crippen LogP contribution in [0.2, 0.25) is 0 Å². The van der Waals surface area contributed by atoms with Gasteiger partial charge in [-0.1, -0.05) is 12.1 Å². The molecule has 1 saturated carbocycles. The Labute approximate surface area is 120 Å². The number of nitrogens with one attached hydrogen (secondary N) is 1. The van der Waals surface area contributed by atoms with Gasteiger partial charge in [-0.2, -0.15) is 0 Å². The molecule has 20 heavy (non-hydrogen) atoms. The molecular weight excluding hydrogens is 276 g/mol. The van der Waals surface area contributed by atoms with E-state index < -0.39 is 15.6 Å². The molecule has 0 bridgehead atoms. The molecular formula is C14H22N2O3S. The monoisotopic (exact) mass is 298 g/mol. The van der Waals surface area contributed by atoms with Crippen molar-refractivity contribution in [3.05, 3.63) is 29.8 Å². The van der Waals surface area contributed by atoms with E-state index in [2.05, 4.69) is 5.32 Å². The molecule has 0 heterocycles. The molecule has 6 heteroatoms. The second-order valence-electron chi connectivity index (χ2n) is 5.72. The van der Waals surface area contributed by atoms with E-state index in [1.807, 2.05) is 6.92 Å². The van der Waals surface area contributed by atoms with Gasteiger partial charge in [-0.05, 0) is 37.5 Å². The summed E-state index contributed by atoms with van der Waals surface area (Å²) in [6.45, 7) is 1.91. The minimum absolute atomic E-state index is 0.0245. The molecule has 1 fully saturated rings. The van der Waals surface area contributed by atoms with Crippen LogP contribution in [0, 0.1) is 0 Å². The zero-order valence-corrected chi connectivity index (χ0v) is 12.9. The molecule has 2 N–H and O–H groups in total. The van der Waals surface area contributed by atoms with Crippen LogP contribution in [0.4, 0.5) is 0 Å². The summed E-state index contributed by atoms with van der Waals surface area (Å²) < 4.78 is 25.2. The van der Waals surface area contributed by atoms with Crippen molar-refractivity contribution in [3.63, 3.8) is 0 Å². The van der Waals surface area contributed by atoms with Crippen LogP contribution in [0.3, 0.4) is 0 Å². The Hall–Kier alpha value is -0.950. The topological polar surface area (TPSA) is 69.6 Å². The van der Waals surface area contributed by atoms with Crippen molar-refractivity contribution < 1.29 is 13.5 Å². The number of hydrogen-bond donors (Lipinski definition) is 2. The first-order valence-corrected chi connectivity index (χ1v) is 8.15. The minimum Gasteiger partial charge on any atom is -0.394 e. The molecule has 0 aromatic heterocycles. The fraction of sp³-hybridized carbons (Fsp3) is 0.571. The van der Waals surface area contributed by atoms with Crippen LogP contribution in [0.1, 0.15) is 25.3 Å². The fourth-order valence-corrected chi connectivity index (χ4v) is 3.01. The quantitative estimate of drug-likeness (QED) is 0.818. The van der Waals surface area contributed by atoms with E-state index in [1.165, 1.54) is 18.4 Å². The number of sulfonamides is 1. The second-order valence-corrected chi connectivity index (χ2v) is 7.87. The Morgan fingerprint density at radius 3 is 2.25 bits per heavy atom. The van der Waals surface area contributed by atoms with Crippen molar-refractivity contribution >= 4 is 10.0 Å². The molecule has 1 atom stereocenters. The smallest absolute Gasteiger partial charge is 0.242 e. The van der Waals surface area contributed by atoms with Crippen LogP contribution in [0.25, 0.3) is 0 Å². The average Bonchev–Trinajstić information content (AvgIpc) is 3.22. The second kappa shape index (κ2) is 5.44. The Kier molecular flexibility index (Phi) is 4.20. The summed E-state index contributed by atoms with van der Waals surface area (Å²) in [5.74, 6) is 0. The standard InChI is InChI=1S/C14H22N2O3S/c1-14(10-17,15-12-6-7-12)11-4-8-13(9-5-11)20(18,19)16(2)3/h4-5,8-9,12,15,17H,6-7,10H2,1-3H3. The third-order valence-electron chi connectivity index (χ3n) is 3.69. The highest BCUT2D eigenvalue weighted by atomic mass is 32.2. The summed E-state index contributed by atoms with van der Waals surface area (Å²) in [5, 5.41) is 13.0. The highest BCUT2D eigenvalue weighted by Crippen LogP contribution is 2.29. The summed E-state index contributed by atoms with van der Waals surface area (Å²) >= 11 is 0. The van der Waals surface area contributed by atoms with Gasteiger partial charge in [-0.25, -0.2) is 12.7 Å². The van der Waals surface area contributed by atoms with E-state index in [1.54, 1.807) is 24.3 Å². The Bertz CT molecular complexity index is 565. The third-order valence-corrected chi connectivity index (χ3v) is 5.52. The lowest BCUT2D eigenvalue weighted by Gasteiger charge is -2.30. The van der Waals surface area contributed by atoms with Gasteiger partial charge in [0.25, 0.3) is 0 Å². The predicted octanol–water partition coefficient (Wildman–Crippen LogP) is 0.896. The van der Waals surface area contributed by atoms with Crippen LogP contribution >= 0.6 is 0 Å². The molecule has 2 rings (SSSR count). The molecule has 0 spiro atoms. The first kappa shape index (κ1) is 15.4. The number of benzene rings is 1. The summed E-state index contributed by atoms with van der Waals surface area (Å²) in [5.41, 5.74) is 0.367. The number of nitrogens with zero attached hydrogens (tertiary/aromatic N) is 1. The maximum Gasteiger partial charge on any atom is 0.242 e. The number of aliphatic hydroxyl groups excluding tert-OH is 1. The minimum atomic E-state index is -3.41. The highest BCUT2D eigenvalue weighted by Gasteiger charge is 2.33. The van der Waals surface area contributed by atoms with E-state index in [9.17, 15) is 13.5 Å². The van der Waals surface area contributed by atoms with Crippen LogP contribution in [0.5, 0.6) is 0 Å². The maximum absolute atomic E-state index is 12.0. The molecule has 1 unspecified atom stereocenters.